The number of aliphatic hydroxyl groups is 2. The monoisotopic (exact) mass is 557 g/mol. The molecule has 2 saturated heterocycles. The van der Waals surface area contributed by atoms with Crippen LogP contribution in [-0.4, -0.2) is 117 Å². The van der Waals surface area contributed by atoms with Crippen LogP contribution in [0.2, 0.25) is 0 Å². The Hall–Kier alpha value is -4.11. The molecule has 1 aromatic carbocycles. The molecule has 4 amide bonds. The summed E-state index contributed by atoms with van der Waals surface area (Å²) in [6.07, 6.45) is 0.799. The number of guanidine groups is 2. The van der Waals surface area contributed by atoms with E-state index in [1.54, 1.807) is 12.1 Å². The van der Waals surface area contributed by atoms with Crippen LogP contribution in [0.3, 0.4) is 0 Å². The normalized spacial score (nSPS) is 31.5. The van der Waals surface area contributed by atoms with E-state index in [2.05, 4.69) is 34.8 Å². The van der Waals surface area contributed by atoms with Crippen LogP contribution in [0.25, 0.3) is 0 Å². The summed E-state index contributed by atoms with van der Waals surface area (Å²) >= 11 is 0. The molecule has 10 N–H and O–H groups in total. The number of urea groups is 1. The Kier molecular flexibility index (Phi) is 5.52. The first kappa shape index (κ1) is 26.1. The SMILES string of the molecule is CN1CC(=O)N(C[C@@H]2NC(N)=[N+]3CC(NC(=O)c4cccc5c4OCCC5(C)C)C(O)(O)C34NC(N)=[NH+][C@@H]24)C1=O. The molecule has 6 rings (SSSR count). The van der Waals surface area contributed by atoms with Gasteiger partial charge in [0, 0.05) is 12.6 Å². The first-order valence-electron chi connectivity index (χ1n) is 13.2. The molecule has 0 bridgehead atoms. The first-order valence-corrected chi connectivity index (χ1v) is 13.2. The van der Waals surface area contributed by atoms with Crippen molar-refractivity contribution < 1.29 is 38.9 Å². The van der Waals surface area contributed by atoms with Gasteiger partial charge in [0.1, 0.15) is 24.4 Å². The fraction of sp³-hybridized carbons (Fsp3) is 0.560. The van der Waals surface area contributed by atoms with Gasteiger partial charge in [-0.3, -0.25) is 36.3 Å². The number of carbonyl (C=O) groups excluding carboxylic acids is 3. The van der Waals surface area contributed by atoms with Crippen molar-refractivity contribution in [3.63, 3.8) is 0 Å². The van der Waals surface area contributed by atoms with Gasteiger partial charge in [0.05, 0.1) is 25.3 Å². The maximum atomic E-state index is 13.6. The third-order valence-electron chi connectivity index (χ3n) is 8.83. The number of nitrogens with one attached hydrogen (secondary N) is 4. The molecule has 0 saturated carbocycles. The summed E-state index contributed by atoms with van der Waals surface area (Å²) < 4.78 is 7.38. The second-order valence-corrected chi connectivity index (χ2v) is 11.7. The molecule has 40 heavy (non-hydrogen) atoms. The fourth-order valence-electron chi connectivity index (χ4n) is 6.62. The summed E-state index contributed by atoms with van der Waals surface area (Å²) in [6, 6.07) is 2.00. The predicted octanol–water partition coefficient (Wildman–Crippen LogP) is -5.20. The quantitative estimate of drug-likeness (QED) is 0.100. The van der Waals surface area contributed by atoms with Gasteiger partial charge in [0.25, 0.3) is 17.4 Å². The van der Waals surface area contributed by atoms with Crippen LogP contribution in [0.4, 0.5) is 4.79 Å². The number of fused-ring (bicyclic) bond motifs is 1. The third kappa shape index (κ3) is 3.46. The van der Waals surface area contributed by atoms with Gasteiger partial charge in [-0.15, -0.1) is 0 Å². The zero-order valence-electron chi connectivity index (χ0n) is 22.5. The Morgan fingerprint density at radius 2 is 2.05 bits per heavy atom. The molecule has 2 fully saturated rings. The molecular weight excluding hydrogens is 522 g/mol. The lowest BCUT2D eigenvalue weighted by Gasteiger charge is -2.41. The van der Waals surface area contributed by atoms with Gasteiger partial charge in [-0.1, -0.05) is 26.0 Å². The van der Waals surface area contributed by atoms with Gasteiger partial charge in [-0.2, -0.15) is 0 Å². The summed E-state index contributed by atoms with van der Waals surface area (Å²) in [7, 11) is 1.52. The van der Waals surface area contributed by atoms with Gasteiger partial charge in [0.2, 0.25) is 5.91 Å². The number of imide groups is 1. The minimum Gasteiger partial charge on any atom is -0.492 e. The lowest BCUT2D eigenvalue weighted by molar-refractivity contribution is -0.674. The van der Waals surface area contributed by atoms with E-state index in [-0.39, 0.29) is 48.4 Å². The maximum Gasteiger partial charge on any atom is 0.347 e. The molecule has 4 atom stereocenters. The Balaban J connectivity index is 1.32. The van der Waals surface area contributed by atoms with Crippen LogP contribution in [-0.2, 0) is 10.2 Å². The molecule has 15 nitrogen and oxygen atoms in total. The molecule has 214 valence electrons. The van der Waals surface area contributed by atoms with E-state index in [1.165, 1.54) is 16.5 Å². The van der Waals surface area contributed by atoms with Crippen molar-refractivity contribution in [1.29, 1.82) is 0 Å². The summed E-state index contributed by atoms with van der Waals surface area (Å²) in [6.45, 7) is 4.36. The predicted molar refractivity (Wildman–Crippen MR) is 139 cm³/mol. The standard InChI is InChI=1S/C25H33N9O6/c1-23(2)7-8-40-17-12(5-4-6-13(17)23)19(36)29-15-10-34-21(27)28-14(9-33-16(35)11-32(3)22(33)37)18-24(34,25(15,38)39)31-20(26)30-18/h4-6,14-15,18,38-39H,7-11H2,1-3H3,(H6,26,27,28,29,30,31,36)/p+2/t14-,15?,18-,24?/m0/s1. The van der Waals surface area contributed by atoms with Crippen LogP contribution in [0, 0.1) is 0 Å². The number of carbonyl (C=O) groups is 3. The van der Waals surface area contributed by atoms with E-state index in [0.717, 1.165) is 16.9 Å². The Labute approximate surface area is 229 Å². The van der Waals surface area contributed by atoms with Gasteiger partial charge in [0.15, 0.2) is 6.04 Å². The van der Waals surface area contributed by atoms with Crippen molar-refractivity contribution >= 4 is 29.8 Å². The second kappa shape index (κ2) is 8.44. The molecular formula is C25H35N9O6+2. The highest BCUT2D eigenvalue weighted by Gasteiger charge is 2.78. The molecule has 5 aliphatic rings. The van der Waals surface area contributed by atoms with E-state index >= 15 is 0 Å². The fourth-order valence-corrected chi connectivity index (χ4v) is 6.62. The average Bonchev–Trinajstić information content (AvgIpc) is 3.44. The smallest absolute Gasteiger partial charge is 0.347 e. The van der Waals surface area contributed by atoms with E-state index in [1.807, 2.05) is 6.07 Å². The zero-order chi connectivity index (χ0) is 28.8. The van der Waals surface area contributed by atoms with Crippen LogP contribution in [0.15, 0.2) is 18.2 Å². The third-order valence-corrected chi connectivity index (χ3v) is 8.83. The molecule has 0 aliphatic carbocycles. The number of hydrogen-bond donors (Lipinski definition) is 8. The van der Waals surface area contributed by atoms with Crippen LogP contribution < -0.4 is 37.1 Å². The highest BCUT2D eigenvalue weighted by molar-refractivity contribution is 6.02. The van der Waals surface area contributed by atoms with E-state index in [4.69, 9.17) is 16.2 Å². The zero-order valence-corrected chi connectivity index (χ0v) is 22.5. The largest absolute Gasteiger partial charge is 0.492 e. The van der Waals surface area contributed by atoms with Gasteiger partial charge in [-0.25, -0.2) is 14.7 Å². The number of nitrogens with two attached hydrogens (primary N) is 2. The number of rotatable bonds is 4. The van der Waals surface area contributed by atoms with Crippen molar-refractivity contribution in [2.24, 2.45) is 11.5 Å². The summed E-state index contributed by atoms with van der Waals surface area (Å²) in [5.41, 5.74) is 11.8. The lowest BCUT2D eigenvalue weighted by atomic mass is 9.79. The second-order valence-electron chi connectivity index (χ2n) is 11.7. The molecule has 0 radical (unpaired) electrons. The van der Waals surface area contributed by atoms with Crippen molar-refractivity contribution in [3.8, 4) is 5.75 Å². The molecule has 1 aromatic rings. The first-order chi connectivity index (χ1) is 18.8. The summed E-state index contributed by atoms with van der Waals surface area (Å²) in [5, 5.41) is 32.2. The van der Waals surface area contributed by atoms with Crippen molar-refractivity contribution in [1.82, 2.24) is 25.8 Å². The van der Waals surface area contributed by atoms with Crippen molar-refractivity contribution in [2.45, 2.75) is 55.3 Å². The van der Waals surface area contributed by atoms with Gasteiger partial charge >= 0.3 is 18.0 Å². The Bertz CT molecular complexity index is 1390. The number of benzene rings is 1. The van der Waals surface area contributed by atoms with E-state index in [0.29, 0.717) is 12.4 Å². The van der Waals surface area contributed by atoms with Gasteiger partial charge < -0.3 is 25.2 Å². The number of ether oxygens (including phenoxy) is 1. The van der Waals surface area contributed by atoms with Crippen LogP contribution in [0.5, 0.6) is 5.75 Å². The van der Waals surface area contributed by atoms with Crippen LogP contribution >= 0.6 is 0 Å². The number of amides is 4. The highest BCUT2D eigenvalue weighted by atomic mass is 16.5. The number of nitrogens with zero attached hydrogens (tertiary/aromatic N) is 3. The molecule has 1 spiro atoms. The molecule has 15 heteroatoms. The van der Waals surface area contributed by atoms with E-state index < -0.39 is 41.5 Å². The topological polar surface area (TPSA) is 212 Å². The molecule has 5 heterocycles. The van der Waals surface area contributed by atoms with E-state index in [9.17, 15) is 24.6 Å². The Morgan fingerprint density at radius 3 is 2.75 bits per heavy atom. The maximum absolute atomic E-state index is 13.6. The Morgan fingerprint density at radius 1 is 1.30 bits per heavy atom. The average molecular weight is 558 g/mol. The van der Waals surface area contributed by atoms with Gasteiger partial charge in [-0.05, 0) is 17.9 Å². The summed E-state index contributed by atoms with van der Waals surface area (Å²) in [4.78, 5) is 44.0. The number of likely N-dealkylation sites (N-methyl/N-ethyl adjacent to an activating group) is 1. The highest BCUT2D eigenvalue weighted by Crippen LogP contribution is 2.41. The minimum absolute atomic E-state index is 0.0416. The number of para-hydroxylation sites is 1. The molecule has 5 aliphatic heterocycles. The minimum atomic E-state index is -2.61. The van der Waals surface area contributed by atoms with Crippen molar-refractivity contribution in [2.75, 3.05) is 33.3 Å². The number of hydrogen-bond acceptors (Lipinski definition) is 10. The van der Waals surface area contributed by atoms with Crippen LogP contribution in [0.1, 0.15) is 36.2 Å². The lowest BCUT2D eigenvalue weighted by Crippen LogP contribution is -2.92. The molecule has 0 aromatic heterocycles. The molecule has 2 unspecified atom stereocenters. The summed E-state index contributed by atoms with van der Waals surface area (Å²) in [5.74, 6) is -2.97. The van der Waals surface area contributed by atoms with Crippen molar-refractivity contribution in [3.05, 3.63) is 29.3 Å².